The van der Waals surface area contributed by atoms with Crippen molar-refractivity contribution in [2.75, 3.05) is 20.2 Å². The molecule has 7 heteroatoms. The van der Waals surface area contributed by atoms with Crippen LogP contribution in [0.2, 0.25) is 0 Å². The van der Waals surface area contributed by atoms with Gasteiger partial charge in [-0.2, -0.15) is 4.31 Å². The van der Waals surface area contributed by atoms with Crippen LogP contribution in [0.4, 0.5) is 0 Å². The van der Waals surface area contributed by atoms with Crippen LogP contribution in [0, 0.1) is 0 Å². The third kappa shape index (κ3) is 2.79. The number of nitrogens with zero attached hydrogens (tertiary/aromatic N) is 1. The topological polar surface area (TPSA) is 72.6 Å². The maximum atomic E-state index is 12.6. The summed E-state index contributed by atoms with van der Waals surface area (Å²) in [5.74, 6) is 0.607. The summed E-state index contributed by atoms with van der Waals surface area (Å²) in [4.78, 5) is 0.264. The molecule has 1 aliphatic heterocycles. The number of benzene rings is 1. The Morgan fingerprint density at radius 3 is 2.84 bits per heavy atom. The number of rotatable bonds is 4. The fourth-order valence-electron chi connectivity index (χ4n) is 2.30. The Morgan fingerprint density at radius 1 is 1.53 bits per heavy atom. The summed E-state index contributed by atoms with van der Waals surface area (Å²) in [5, 5.41) is 0. The molecule has 0 aromatic heterocycles. The lowest BCUT2D eigenvalue weighted by atomic mass is 10.2. The first-order chi connectivity index (χ1) is 9.00. The lowest BCUT2D eigenvalue weighted by molar-refractivity contribution is 0.392. The summed E-state index contributed by atoms with van der Waals surface area (Å²) in [6, 6.07) is 4.68. The fraction of sp³-hybridized carbons (Fsp3) is 0.500. The van der Waals surface area contributed by atoms with Gasteiger partial charge in [-0.05, 0) is 47.0 Å². The van der Waals surface area contributed by atoms with Gasteiger partial charge < -0.3 is 10.5 Å². The Labute approximate surface area is 121 Å². The van der Waals surface area contributed by atoms with Crippen molar-refractivity contribution < 1.29 is 13.2 Å². The van der Waals surface area contributed by atoms with Crippen molar-refractivity contribution in [2.45, 2.75) is 23.8 Å². The Morgan fingerprint density at radius 2 is 2.26 bits per heavy atom. The van der Waals surface area contributed by atoms with Gasteiger partial charge in [0.2, 0.25) is 10.0 Å². The average molecular weight is 349 g/mol. The zero-order chi connectivity index (χ0) is 14.0. The molecule has 0 radical (unpaired) electrons. The van der Waals surface area contributed by atoms with E-state index in [2.05, 4.69) is 15.9 Å². The van der Waals surface area contributed by atoms with Gasteiger partial charge in [-0.15, -0.1) is 0 Å². The second-order valence-corrected chi connectivity index (χ2v) is 7.19. The predicted molar refractivity (Wildman–Crippen MR) is 76.7 cm³/mol. The van der Waals surface area contributed by atoms with Crippen LogP contribution in [0.1, 0.15) is 12.8 Å². The van der Waals surface area contributed by atoms with E-state index in [1.165, 1.54) is 4.31 Å². The summed E-state index contributed by atoms with van der Waals surface area (Å²) in [6.07, 6.45) is 1.69. The van der Waals surface area contributed by atoms with Crippen molar-refractivity contribution in [3.05, 3.63) is 22.7 Å². The normalized spacial score (nSPS) is 20.7. The van der Waals surface area contributed by atoms with Crippen molar-refractivity contribution in [1.82, 2.24) is 4.31 Å². The summed E-state index contributed by atoms with van der Waals surface area (Å²) >= 11 is 3.31. The van der Waals surface area contributed by atoms with Crippen LogP contribution in [0.15, 0.2) is 27.6 Å². The van der Waals surface area contributed by atoms with Crippen molar-refractivity contribution >= 4 is 26.0 Å². The smallest absolute Gasteiger partial charge is 0.243 e. The minimum absolute atomic E-state index is 0.0918. The molecule has 1 saturated heterocycles. The highest BCUT2D eigenvalue weighted by atomic mass is 79.9. The number of nitrogens with two attached hydrogens (primary N) is 1. The highest BCUT2D eigenvalue weighted by Gasteiger charge is 2.34. The standard InChI is InChI=1S/C12H17BrN2O3S/c1-18-12-5-4-10(7-11(12)13)19(16,17)15-6-2-3-9(15)8-14/h4-5,7,9H,2-3,6,8,14H2,1H3. The van der Waals surface area contributed by atoms with Gasteiger partial charge in [0, 0.05) is 19.1 Å². The minimum atomic E-state index is -3.48. The van der Waals surface area contributed by atoms with Crippen LogP contribution >= 0.6 is 15.9 Å². The van der Waals surface area contributed by atoms with Gasteiger partial charge in [0.1, 0.15) is 5.75 Å². The van der Waals surface area contributed by atoms with E-state index in [0.29, 0.717) is 23.3 Å². The summed E-state index contributed by atoms with van der Waals surface area (Å²) in [6.45, 7) is 0.893. The third-order valence-electron chi connectivity index (χ3n) is 3.33. The zero-order valence-corrected chi connectivity index (χ0v) is 13.1. The molecule has 1 unspecified atom stereocenters. The van der Waals surface area contributed by atoms with E-state index in [-0.39, 0.29) is 10.9 Å². The summed E-state index contributed by atoms with van der Waals surface area (Å²) in [5.41, 5.74) is 5.64. The number of hydrogen-bond acceptors (Lipinski definition) is 4. The molecule has 0 aliphatic carbocycles. The molecule has 0 bridgehead atoms. The van der Waals surface area contributed by atoms with E-state index >= 15 is 0 Å². The second-order valence-electron chi connectivity index (χ2n) is 4.44. The first-order valence-corrected chi connectivity index (χ1v) is 8.29. The lowest BCUT2D eigenvalue weighted by Crippen LogP contribution is -2.39. The molecule has 106 valence electrons. The SMILES string of the molecule is COc1ccc(S(=O)(=O)N2CCCC2CN)cc1Br. The summed E-state index contributed by atoms with van der Waals surface area (Å²) < 4.78 is 32.4. The van der Waals surface area contributed by atoms with E-state index in [1.54, 1.807) is 25.3 Å². The van der Waals surface area contributed by atoms with Crippen molar-refractivity contribution in [2.24, 2.45) is 5.73 Å². The number of ether oxygens (including phenoxy) is 1. The molecule has 2 N–H and O–H groups in total. The van der Waals surface area contributed by atoms with E-state index in [9.17, 15) is 8.42 Å². The van der Waals surface area contributed by atoms with Crippen LogP contribution in [0.25, 0.3) is 0 Å². The van der Waals surface area contributed by atoms with E-state index in [4.69, 9.17) is 10.5 Å². The zero-order valence-electron chi connectivity index (χ0n) is 10.7. The van der Waals surface area contributed by atoms with Gasteiger partial charge in [-0.25, -0.2) is 8.42 Å². The molecule has 19 heavy (non-hydrogen) atoms. The second kappa shape index (κ2) is 5.78. The van der Waals surface area contributed by atoms with Crippen molar-refractivity contribution in [3.63, 3.8) is 0 Å². The van der Waals surface area contributed by atoms with Crippen molar-refractivity contribution in [3.8, 4) is 5.75 Å². The monoisotopic (exact) mass is 348 g/mol. The van der Waals surface area contributed by atoms with Crippen LogP contribution < -0.4 is 10.5 Å². The van der Waals surface area contributed by atoms with E-state index in [1.807, 2.05) is 0 Å². The highest BCUT2D eigenvalue weighted by molar-refractivity contribution is 9.10. The Kier molecular flexibility index (Phi) is 4.50. The molecule has 1 heterocycles. The van der Waals surface area contributed by atoms with Crippen LogP contribution in [-0.4, -0.2) is 39.0 Å². The van der Waals surface area contributed by atoms with Gasteiger partial charge >= 0.3 is 0 Å². The van der Waals surface area contributed by atoms with E-state index < -0.39 is 10.0 Å². The molecule has 1 aromatic carbocycles. The Bertz CT molecular complexity index is 562. The molecule has 1 aromatic rings. The molecular weight excluding hydrogens is 332 g/mol. The van der Waals surface area contributed by atoms with Crippen LogP contribution in [-0.2, 0) is 10.0 Å². The quantitative estimate of drug-likeness (QED) is 0.896. The van der Waals surface area contributed by atoms with Gasteiger partial charge in [0.15, 0.2) is 0 Å². The van der Waals surface area contributed by atoms with Crippen molar-refractivity contribution in [1.29, 1.82) is 0 Å². The third-order valence-corrected chi connectivity index (χ3v) is 5.89. The Balaban J connectivity index is 2.37. The van der Waals surface area contributed by atoms with Gasteiger partial charge in [-0.1, -0.05) is 0 Å². The molecule has 1 aliphatic rings. The van der Waals surface area contributed by atoms with Gasteiger partial charge in [0.25, 0.3) is 0 Å². The molecule has 0 spiro atoms. The van der Waals surface area contributed by atoms with Crippen LogP contribution in [0.5, 0.6) is 5.75 Å². The molecule has 2 rings (SSSR count). The lowest BCUT2D eigenvalue weighted by Gasteiger charge is -2.23. The molecule has 0 saturated carbocycles. The molecule has 1 atom stereocenters. The molecule has 1 fully saturated rings. The number of methoxy groups -OCH3 is 1. The largest absolute Gasteiger partial charge is 0.496 e. The molecule has 0 amide bonds. The van der Waals surface area contributed by atoms with E-state index in [0.717, 1.165) is 12.8 Å². The maximum absolute atomic E-state index is 12.6. The number of sulfonamides is 1. The number of halogens is 1. The first kappa shape index (κ1) is 14.8. The fourth-order valence-corrected chi connectivity index (χ4v) is 4.73. The summed E-state index contributed by atoms with van der Waals surface area (Å²) in [7, 11) is -1.94. The molecule has 5 nitrogen and oxygen atoms in total. The van der Waals surface area contributed by atoms with Gasteiger partial charge in [0.05, 0.1) is 16.5 Å². The number of hydrogen-bond donors (Lipinski definition) is 1. The molecular formula is C12H17BrN2O3S. The van der Waals surface area contributed by atoms with Crippen LogP contribution in [0.3, 0.4) is 0 Å². The predicted octanol–water partition coefficient (Wildman–Crippen LogP) is 1.57. The average Bonchev–Trinajstić information content (AvgIpc) is 2.87. The van der Waals surface area contributed by atoms with Gasteiger partial charge in [-0.3, -0.25) is 0 Å². The first-order valence-electron chi connectivity index (χ1n) is 6.06. The Hall–Kier alpha value is -0.630. The maximum Gasteiger partial charge on any atom is 0.243 e. The minimum Gasteiger partial charge on any atom is -0.496 e. The highest BCUT2D eigenvalue weighted by Crippen LogP contribution is 2.31.